The van der Waals surface area contributed by atoms with Crippen molar-refractivity contribution in [2.24, 2.45) is 0 Å². The van der Waals surface area contributed by atoms with Gasteiger partial charge in [-0.05, 0) is 32.6 Å². The summed E-state index contributed by atoms with van der Waals surface area (Å²) < 4.78 is 12.1. The van der Waals surface area contributed by atoms with Gasteiger partial charge in [-0.3, -0.25) is 0 Å². The van der Waals surface area contributed by atoms with Gasteiger partial charge in [0.2, 0.25) is 0 Å². The fourth-order valence-electron chi connectivity index (χ4n) is 4.29. The summed E-state index contributed by atoms with van der Waals surface area (Å²) in [6, 6.07) is 0. The van der Waals surface area contributed by atoms with Crippen LogP contribution >= 0.6 is 0 Å². The number of hydrogen-bond donors (Lipinski definition) is 0. The highest BCUT2D eigenvalue weighted by molar-refractivity contribution is 6.13. The fourth-order valence-corrected chi connectivity index (χ4v) is 5.25. The Morgan fingerprint density at radius 2 is 1.26 bits per heavy atom. The van der Waals surface area contributed by atoms with E-state index in [0.717, 1.165) is 23.3 Å². The van der Waals surface area contributed by atoms with Crippen LogP contribution in [-0.2, 0) is 9.47 Å². The van der Waals surface area contributed by atoms with Gasteiger partial charge in [0.05, 0.1) is 16.3 Å². The van der Waals surface area contributed by atoms with E-state index in [1.165, 1.54) is 116 Å². The highest BCUT2D eigenvalue weighted by Crippen LogP contribution is 2.25. The van der Waals surface area contributed by atoms with Crippen LogP contribution in [0.25, 0.3) is 0 Å². The van der Waals surface area contributed by atoms with Crippen molar-refractivity contribution in [2.45, 2.75) is 147 Å². The van der Waals surface area contributed by atoms with Gasteiger partial charge in [-0.2, -0.15) is 0 Å². The molecule has 1 aliphatic rings. The first-order valence-corrected chi connectivity index (χ1v) is 13.5. The van der Waals surface area contributed by atoms with Crippen LogP contribution in [0.4, 0.5) is 0 Å². The second-order valence-corrected chi connectivity index (χ2v) is 10.6. The molecular weight excluding hydrogens is 348 g/mol. The van der Waals surface area contributed by atoms with Crippen molar-refractivity contribution in [2.75, 3.05) is 6.61 Å². The highest BCUT2D eigenvalue weighted by atomic mass is 28.1. The lowest BCUT2D eigenvalue weighted by atomic mass is 10.0. The lowest BCUT2D eigenvalue weighted by Crippen LogP contribution is -2.42. The molecule has 0 spiro atoms. The smallest absolute Gasteiger partial charge is 0.141 e. The maximum Gasteiger partial charge on any atom is 0.141 e. The van der Waals surface area contributed by atoms with Gasteiger partial charge in [0.25, 0.3) is 0 Å². The predicted molar refractivity (Wildman–Crippen MR) is 123 cm³/mol. The zero-order chi connectivity index (χ0) is 19.6. The van der Waals surface area contributed by atoms with E-state index in [2.05, 4.69) is 13.8 Å². The number of ether oxygens (including phenoxy) is 2. The van der Waals surface area contributed by atoms with Crippen LogP contribution in [0.15, 0.2) is 0 Å². The Hall–Kier alpha value is 0.137. The third-order valence-electron chi connectivity index (χ3n) is 6.10. The first kappa shape index (κ1) is 25.2. The molecule has 1 saturated heterocycles. The quantitative estimate of drug-likeness (QED) is 0.185. The van der Waals surface area contributed by atoms with Crippen LogP contribution in [0.5, 0.6) is 0 Å². The second kappa shape index (κ2) is 17.0. The average Bonchev–Trinajstić information content (AvgIpc) is 2.65. The maximum atomic E-state index is 6.24. The van der Waals surface area contributed by atoms with Crippen LogP contribution in [0, 0.1) is 0 Å². The summed E-state index contributed by atoms with van der Waals surface area (Å²) in [7, 11) is 0.995. The van der Waals surface area contributed by atoms with Gasteiger partial charge in [0.15, 0.2) is 0 Å². The molecule has 0 amide bonds. The van der Waals surface area contributed by atoms with Gasteiger partial charge in [-0.25, -0.2) is 0 Å². The third-order valence-corrected chi connectivity index (χ3v) is 7.12. The van der Waals surface area contributed by atoms with Gasteiger partial charge in [-0.15, -0.1) is 0 Å². The molecule has 162 valence electrons. The molecule has 0 N–H and O–H groups in total. The van der Waals surface area contributed by atoms with Crippen molar-refractivity contribution < 1.29 is 9.47 Å². The molecule has 2 unspecified atom stereocenters. The average molecular weight is 399 g/mol. The van der Waals surface area contributed by atoms with Gasteiger partial charge >= 0.3 is 0 Å². The summed E-state index contributed by atoms with van der Waals surface area (Å²) in [5, 5.41) is 0. The Morgan fingerprint density at radius 1 is 0.778 bits per heavy atom. The van der Waals surface area contributed by atoms with E-state index in [4.69, 9.17) is 9.47 Å². The van der Waals surface area contributed by atoms with Gasteiger partial charge in [-0.1, -0.05) is 103 Å². The molecule has 0 aromatic rings. The molecule has 1 rings (SSSR count). The normalized spacial score (nSPS) is 21.6. The zero-order valence-electron chi connectivity index (χ0n) is 19.0. The molecule has 2 atom stereocenters. The van der Waals surface area contributed by atoms with Crippen molar-refractivity contribution in [1.82, 2.24) is 0 Å². The van der Waals surface area contributed by atoms with E-state index >= 15 is 0 Å². The van der Waals surface area contributed by atoms with E-state index in [9.17, 15) is 0 Å². The van der Waals surface area contributed by atoms with Crippen molar-refractivity contribution >= 4 is 10.2 Å². The Balaban J connectivity index is 1.78. The van der Waals surface area contributed by atoms with Gasteiger partial charge in [0.1, 0.15) is 5.41 Å². The van der Waals surface area contributed by atoms with E-state index in [1.807, 2.05) is 0 Å². The summed E-state index contributed by atoms with van der Waals surface area (Å²) in [6.45, 7) is 5.43. The molecule has 0 saturated carbocycles. The summed E-state index contributed by atoms with van der Waals surface area (Å²) in [5.41, 5.74) is -0.173. The Labute approximate surface area is 174 Å². The fraction of sp³-hybridized carbons (Fsp3) is 1.00. The van der Waals surface area contributed by atoms with Crippen LogP contribution in [0.1, 0.15) is 136 Å². The van der Waals surface area contributed by atoms with Crippen LogP contribution in [-0.4, -0.2) is 28.4 Å². The SMILES string of the molecule is CCCCCCCCCCCCCCCCCC(C)OC1([SiH3])CCCCO1. The zero-order valence-corrected chi connectivity index (χ0v) is 21.0. The molecule has 0 aromatic heterocycles. The molecule has 1 heterocycles. The number of unbranched alkanes of at least 4 members (excludes halogenated alkanes) is 14. The van der Waals surface area contributed by atoms with Crippen LogP contribution < -0.4 is 0 Å². The predicted octanol–water partition coefficient (Wildman–Crippen LogP) is 6.87. The monoisotopic (exact) mass is 398 g/mol. The molecule has 0 aliphatic carbocycles. The van der Waals surface area contributed by atoms with Crippen molar-refractivity contribution in [1.29, 1.82) is 0 Å². The summed E-state index contributed by atoms with van der Waals surface area (Å²) in [6.07, 6.45) is 26.6. The lowest BCUT2D eigenvalue weighted by Gasteiger charge is -2.36. The molecule has 27 heavy (non-hydrogen) atoms. The first-order chi connectivity index (χ1) is 13.2. The number of hydrogen-bond acceptors (Lipinski definition) is 2. The summed E-state index contributed by atoms with van der Waals surface area (Å²) in [5.74, 6) is 0. The minimum Gasteiger partial charge on any atom is -0.355 e. The van der Waals surface area contributed by atoms with E-state index in [-0.39, 0.29) is 5.41 Å². The second-order valence-electron chi connectivity index (χ2n) is 9.11. The molecule has 0 radical (unpaired) electrons. The van der Waals surface area contributed by atoms with E-state index in [1.54, 1.807) is 0 Å². The van der Waals surface area contributed by atoms with Crippen molar-refractivity contribution in [3.63, 3.8) is 0 Å². The minimum absolute atomic E-state index is 0.173. The number of rotatable bonds is 18. The highest BCUT2D eigenvalue weighted by Gasteiger charge is 2.29. The van der Waals surface area contributed by atoms with Gasteiger partial charge in [0, 0.05) is 6.61 Å². The largest absolute Gasteiger partial charge is 0.355 e. The first-order valence-electron chi connectivity index (χ1n) is 12.5. The standard InChI is InChI=1S/C24H50O2Si/c1-3-4-5-6-7-8-9-10-11-12-13-14-15-16-17-20-23(2)26-24(27)21-18-19-22-25-24/h23H,3-22H2,1-2,27H3. The molecular formula is C24H50O2Si. The summed E-state index contributed by atoms with van der Waals surface area (Å²) in [4.78, 5) is 0. The van der Waals surface area contributed by atoms with Crippen LogP contribution in [0.2, 0.25) is 0 Å². The minimum atomic E-state index is -0.173. The topological polar surface area (TPSA) is 18.5 Å². The Bertz CT molecular complexity index is 316. The lowest BCUT2D eigenvalue weighted by molar-refractivity contribution is -0.219. The molecule has 1 fully saturated rings. The molecule has 3 heteroatoms. The summed E-state index contributed by atoms with van der Waals surface area (Å²) >= 11 is 0. The van der Waals surface area contributed by atoms with Crippen LogP contribution in [0.3, 0.4) is 0 Å². The van der Waals surface area contributed by atoms with E-state index in [0.29, 0.717) is 6.10 Å². The van der Waals surface area contributed by atoms with Gasteiger partial charge < -0.3 is 9.47 Å². The Morgan fingerprint density at radius 3 is 1.70 bits per heavy atom. The van der Waals surface area contributed by atoms with Crippen molar-refractivity contribution in [3.05, 3.63) is 0 Å². The molecule has 0 aromatic carbocycles. The molecule has 0 bridgehead atoms. The molecule has 1 aliphatic heterocycles. The maximum absolute atomic E-state index is 6.24. The van der Waals surface area contributed by atoms with E-state index < -0.39 is 0 Å². The Kier molecular flexibility index (Phi) is 15.9. The third kappa shape index (κ3) is 14.7. The molecule has 2 nitrogen and oxygen atoms in total. The van der Waals surface area contributed by atoms with Crippen molar-refractivity contribution in [3.8, 4) is 0 Å².